The average Bonchev–Trinajstić information content (AvgIpc) is 3.06. The first-order valence-electron chi connectivity index (χ1n) is 10.3. The number of fused-ring (bicyclic) bond motifs is 3. The largest absolute Gasteiger partial charge is 0.135 e. The highest BCUT2D eigenvalue weighted by molar-refractivity contribution is 7.25. The van der Waals surface area contributed by atoms with Gasteiger partial charge in [-0.05, 0) is 72.9 Å². The second-order valence-electron chi connectivity index (χ2n) is 8.28. The lowest BCUT2D eigenvalue weighted by Crippen LogP contribution is -2.04. The molecule has 5 rings (SSSR count). The van der Waals surface area contributed by atoms with Crippen LogP contribution in [0.15, 0.2) is 36.4 Å². The fourth-order valence-corrected chi connectivity index (χ4v) is 6.26. The summed E-state index contributed by atoms with van der Waals surface area (Å²) in [6, 6.07) is 14.7. The lowest BCUT2D eigenvalue weighted by Gasteiger charge is -2.22. The molecule has 2 aliphatic rings. The molecule has 0 bridgehead atoms. The number of hydrogen-bond acceptors (Lipinski definition) is 1. The summed E-state index contributed by atoms with van der Waals surface area (Å²) in [4.78, 5) is 0. The van der Waals surface area contributed by atoms with Crippen molar-refractivity contribution in [1.82, 2.24) is 0 Å². The van der Waals surface area contributed by atoms with E-state index in [-0.39, 0.29) is 0 Å². The molecule has 0 unspecified atom stereocenters. The minimum atomic E-state index is 0.801. The van der Waals surface area contributed by atoms with Crippen LogP contribution >= 0.6 is 11.3 Å². The maximum absolute atomic E-state index is 2.54. The van der Waals surface area contributed by atoms with Gasteiger partial charge in [-0.2, -0.15) is 0 Å². The van der Waals surface area contributed by atoms with Crippen molar-refractivity contribution >= 4 is 31.5 Å². The summed E-state index contributed by atoms with van der Waals surface area (Å²) in [6.07, 6.45) is 14.1. The predicted octanol–water partition coefficient (Wildman–Crippen LogP) is 8.15. The Labute approximate surface area is 155 Å². The van der Waals surface area contributed by atoms with Crippen LogP contribution in [0.3, 0.4) is 0 Å². The molecule has 0 amide bonds. The molecule has 2 aliphatic carbocycles. The van der Waals surface area contributed by atoms with Crippen molar-refractivity contribution in [2.45, 2.75) is 76.0 Å². The molecule has 0 aliphatic heterocycles. The molecule has 25 heavy (non-hydrogen) atoms. The third kappa shape index (κ3) is 3.01. The molecule has 2 aromatic carbocycles. The summed E-state index contributed by atoms with van der Waals surface area (Å²) in [5.74, 6) is 1.60. The Balaban J connectivity index is 1.57. The lowest BCUT2D eigenvalue weighted by molar-refractivity contribution is 0.444. The molecule has 0 radical (unpaired) electrons. The second-order valence-corrected chi connectivity index (χ2v) is 9.37. The van der Waals surface area contributed by atoms with E-state index in [1.807, 2.05) is 11.3 Å². The summed E-state index contributed by atoms with van der Waals surface area (Å²) < 4.78 is 2.94. The van der Waals surface area contributed by atoms with Crippen LogP contribution in [0.25, 0.3) is 20.2 Å². The molecule has 2 saturated carbocycles. The highest BCUT2D eigenvalue weighted by atomic mass is 32.1. The summed E-state index contributed by atoms with van der Waals surface area (Å²) in [7, 11) is 0. The van der Waals surface area contributed by atoms with E-state index in [2.05, 4.69) is 36.4 Å². The molecule has 0 atom stereocenters. The molecule has 1 aromatic heterocycles. The highest BCUT2D eigenvalue weighted by Gasteiger charge is 2.19. The number of thiophene rings is 1. The van der Waals surface area contributed by atoms with Crippen LogP contribution in [0.4, 0.5) is 0 Å². The zero-order valence-corrected chi connectivity index (χ0v) is 15.9. The van der Waals surface area contributed by atoms with E-state index in [9.17, 15) is 0 Å². The molecule has 0 nitrogen and oxygen atoms in total. The van der Waals surface area contributed by atoms with Crippen LogP contribution in [-0.4, -0.2) is 0 Å². The molecule has 0 spiro atoms. The SMILES string of the molecule is c1cc2sc3ccc(C4CCCCC4)cc3c2cc1C1CCCCC1. The first-order valence-corrected chi connectivity index (χ1v) is 11.2. The van der Waals surface area contributed by atoms with E-state index in [4.69, 9.17) is 0 Å². The van der Waals surface area contributed by atoms with E-state index < -0.39 is 0 Å². The number of hydrogen-bond donors (Lipinski definition) is 0. The highest BCUT2D eigenvalue weighted by Crippen LogP contribution is 2.41. The van der Waals surface area contributed by atoms with Gasteiger partial charge in [-0.15, -0.1) is 11.3 Å². The summed E-state index contributed by atoms with van der Waals surface area (Å²) in [6.45, 7) is 0. The Morgan fingerprint density at radius 3 is 1.44 bits per heavy atom. The fourth-order valence-electron chi connectivity index (χ4n) is 5.19. The first-order chi connectivity index (χ1) is 12.4. The van der Waals surface area contributed by atoms with Crippen LogP contribution in [0, 0.1) is 0 Å². The molecule has 130 valence electrons. The van der Waals surface area contributed by atoms with Gasteiger partial charge < -0.3 is 0 Å². The zero-order chi connectivity index (χ0) is 16.6. The Morgan fingerprint density at radius 2 is 1.00 bits per heavy atom. The number of benzene rings is 2. The quantitative estimate of drug-likeness (QED) is 0.438. The maximum Gasteiger partial charge on any atom is 0.0355 e. The Morgan fingerprint density at radius 1 is 0.560 bits per heavy atom. The third-order valence-electron chi connectivity index (χ3n) is 6.67. The molecule has 1 heterocycles. The Bertz CT molecular complexity index is 803. The molecule has 1 heteroatoms. The van der Waals surface area contributed by atoms with Gasteiger partial charge in [-0.3, -0.25) is 0 Å². The Kier molecular flexibility index (Phi) is 4.29. The monoisotopic (exact) mass is 348 g/mol. The smallest absolute Gasteiger partial charge is 0.0355 e. The van der Waals surface area contributed by atoms with Gasteiger partial charge in [-0.1, -0.05) is 50.7 Å². The van der Waals surface area contributed by atoms with Gasteiger partial charge in [0.15, 0.2) is 0 Å². The lowest BCUT2D eigenvalue weighted by atomic mass is 9.83. The van der Waals surface area contributed by atoms with Gasteiger partial charge in [-0.25, -0.2) is 0 Å². The normalized spacial score (nSPS) is 20.5. The van der Waals surface area contributed by atoms with Crippen molar-refractivity contribution < 1.29 is 0 Å². The molecule has 3 aromatic rings. The van der Waals surface area contributed by atoms with Crippen LogP contribution in [-0.2, 0) is 0 Å². The first kappa shape index (κ1) is 15.9. The van der Waals surface area contributed by atoms with E-state index in [0.717, 1.165) is 11.8 Å². The minimum Gasteiger partial charge on any atom is -0.135 e. The van der Waals surface area contributed by atoms with Gasteiger partial charge in [0.1, 0.15) is 0 Å². The third-order valence-corrected chi connectivity index (χ3v) is 7.82. The molecule has 2 fully saturated rings. The molecular weight excluding hydrogens is 320 g/mol. The average molecular weight is 349 g/mol. The molecule has 0 saturated heterocycles. The summed E-state index contributed by atoms with van der Waals surface area (Å²) >= 11 is 1.97. The van der Waals surface area contributed by atoms with Crippen molar-refractivity contribution in [1.29, 1.82) is 0 Å². The summed E-state index contributed by atoms with van der Waals surface area (Å²) in [5.41, 5.74) is 3.19. The standard InChI is InChI=1S/C24H28S/c1-3-7-17(8-4-1)19-11-13-23-21(15-19)22-16-20(12-14-24(22)25-23)18-9-5-2-6-10-18/h11-18H,1-10H2. The van der Waals surface area contributed by atoms with Crippen molar-refractivity contribution in [2.24, 2.45) is 0 Å². The van der Waals surface area contributed by atoms with Gasteiger partial charge in [0.25, 0.3) is 0 Å². The summed E-state index contributed by atoms with van der Waals surface area (Å²) in [5, 5.41) is 3.03. The van der Waals surface area contributed by atoms with E-state index in [1.54, 1.807) is 11.1 Å². The molecular formula is C24H28S. The predicted molar refractivity (Wildman–Crippen MR) is 111 cm³/mol. The van der Waals surface area contributed by atoms with E-state index in [0.29, 0.717) is 0 Å². The Hall–Kier alpha value is -1.34. The van der Waals surface area contributed by atoms with Crippen molar-refractivity contribution in [2.75, 3.05) is 0 Å². The van der Waals surface area contributed by atoms with Gasteiger partial charge in [0.2, 0.25) is 0 Å². The van der Waals surface area contributed by atoms with E-state index >= 15 is 0 Å². The van der Waals surface area contributed by atoms with E-state index in [1.165, 1.54) is 84.4 Å². The minimum absolute atomic E-state index is 0.801. The van der Waals surface area contributed by atoms with Crippen LogP contribution in [0.2, 0.25) is 0 Å². The molecule has 0 N–H and O–H groups in total. The maximum atomic E-state index is 2.54. The fraction of sp³-hybridized carbons (Fsp3) is 0.500. The van der Waals surface area contributed by atoms with Crippen LogP contribution < -0.4 is 0 Å². The topological polar surface area (TPSA) is 0 Å². The van der Waals surface area contributed by atoms with Gasteiger partial charge >= 0.3 is 0 Å². The second kappa shape index (κ2) is 6.76. The van der Waals surface area contributed by atoms with Gasteiger partial charge in [0.05, 0.1) is 0 Å². The zero-order valence-electron chi connectivity index (χ0n) is 15.1. The van der Waals surface area contributed by atoms with Crippen molar-refractivity contribution in [3.8, 4) is 0 Å². The van der Waals surface area contributed by atoms with Crippen LogP contribution in [0.5, 0.6) is 0 Å². The number of rotatable bonds is 2. The van der Waals surface area contributed by atoms with Crippen LogP contribution in [0.1, 0.15) is 87.2 Å². The van der Waals surface area contributed by atoms with Crippen molar-refractivity contribution in [3.63, 3.8) is 0 Å². The van der Waals surface area contributed by atoms with Gasteiger partial charge in [0, 0.05) is 20.2 Å². The van der Waals surface area contributed by atoms with Crippen molar-refractivity contribution in [3.05, 3.63) is 47.5 Å².